The summed E-state index contributed by atoms with van der Waals surface area (Å²) in [5.74, 6) is -0.873. The zero-order valence-corrected chi connectivity index (χ0v) is 14.0. The van der Waals surface area contributed by atoms with Gasteiger partial charge in [-0.25, -0.2) is 0 Å². The minimum atomic E-state index is -1.93. The van der Waals surface area contributed by atoms with Gasteiger partial charge in [-0.2, -0.15) is 5.26 Å². The molecule has 1 unspecified atom stereocenters. The molecular weight excluding hydrogens is 330 g/mol. The fourth-order valence-electron chi connectivity index (χ4n) is 3.02. The zero-order chi connectivity index (χ0) is 18.7. The average molecular weight is 347 g/mol. The molecule has 0 aliphatic carbocycles. The molecule has 130 valence electrons. The quantitative estimate of drug-likeness (QED) is 0.813. The van der Waals surface area contributed by atoms with E-state index in [1.54, 1.807) is 42.5 Å². The van der Waals surface area contributed by atoms with E-state index < -0.39 is 11.5 Å². The largest absolute Gasteiger partial charge is 0.374 e. The standard InChI is InChI=1S/C20H17N3O3/c1-2-12-23-17-9-8-15(22-18(24)14-6-4-3-5-7-14)13-16(17)20(26,10-11-21)19(23)25/h2-9,13,26H,1,10,12H2,(H,22,24). The Kier molecular flexibility index (Phi) is 4.57. The molecule has 6 nitrogen and oxygen atoms in total. The van der Waals surface area contributed by atoms with E-state index in [4.69, 9.17) is 5.26 Å². The van der Waals surface area contributed by atoms with Gasteiger partial charge in [-0.1, -0.05) is 24.3 Å². The molecule has 2 aromatic carbocycles. The van der Waals surface area contributed by atoms with Gasteiger partial charge >= 0.3 is 0 Å². The fourth-order valence-corrected chi connectivity index (χ4v) is 3.02. The van der Waals surface area contributed by atoms with Crippen LogP contribution in [0.2, 0.25) is 0 Å². The third-order valence-electron chi connectivity index (χ3n) is 4.27. The van der Waals surface area contributed by atoms with Crippen molar-refractivity contribution in [2.45, 2.75) is 12.0 Å². The van der Waals surface area contributed by atoms with Crippen LogP contribution in [0.5, 0.6) is 0 Å². The second kappa shape index (κ2) is 6.82. The number of nitrogens with one attached hydrogen (secondary N) is 1. The van der Waals surface area contributed by atoms with Crippen molar-refractivity contribution < 1.29 is 14.7 Å². The Morgan fingerprint density at radius 1 is 1.31 bits per heavy atom. The zero-order valence-electron chi connectivity index (χ0n) is 14.0. The molecule has 0 radical (unpaired) electrons. The fraction of sp³-hybridized carbons (Fsp3) is 0.150. The lowest BCUT2D eigenvalue weighted by Crippen LogP contribution is -2.40. The van der Waals surface area contributed by atoms with Crippen molar-refractivity contribution >= 4 is 23.2 Å². The summed E-state index contributed by atoms with van der Waals surface area (Å²) in [6, 6.07) is 15.4. The van der Waals surface area contributed by atoms with Gasteiger partial charge in [-0.05, 0) is 30.3 Å². The van der Waals surface area contributed by atoms with E-state index in [9.17, 15) is 14.7 Å². The van der Waals surface area contributed by atoms with E-state index in [0.717, 1.165) is 0 Å². The number of amides is 2. The van der Waals surface area contributed by atoms with Crippen LogP contribution in [0, 0.1) is 11.3 Å². The second-order valence-electron chi connectivity index (χ2n) is 5.95. The van der Waals surface area contributed by atoms with Crippen LogP contribution in [0.4, 0.5) is 11.4 Å². The van der Waals surface area contributed by atoms with Crippen molar-refractivity contribution in [1.29, 1.82) is 5.26 Å². The summed E-state index contributed by atoms with van der Waals surface area (Å²) in [5.41, 5.74) is -0.199. The van der Waals surface area contributed by atoms with E-state index in [-0.39, 0.29) is 18.9 Å². The van der Waals surface area contributed by atoms with Crippen LogP contribution in [-0.2, 0) is 10.4 Å². The molecule has 2 aromatic rings. The van der Waals surface area contributed by atoms with Crippen molar-refractivity contribution in [3.05, 3.63) is 72.3 Å². The summed E-state index contributed by atoms with van der Waals surface area (Å²) >= 11 is 0. The normalized spacial score (nSPS) is 18.2. The Labute approximate surface area is 151 Å². The Hall–Kier alpha value is -3.43. The van der Waals surface area contributed by atoms with Crippen molar-refractivity contribution in [1.82, 2.24) is 0 Å². The summed E-state index contributed by atoms with van der Waals surface area (Å²) < 4.78 is 0. The maximum absolute atomic E-state index is 12.6. The molecule has 1 atom stereocenters. The monoisotopic (exact) mass is 347 g/mol. The number of anilines is 2. The first-order valence-corrected chi connectivity index (χ1v) is 8.04. The first-order chi connectivity index (χ1) is 12.5. The third kappa shape index (κ3) is 2.85. The number of carbonyl (C=O) groups is 2. The maximum atomic E-state index is 12.6. The lowest BCUT2D eigenvalue weighted by Gasteiger charge is -2.19. The van der Waals surface area contributed by atoms with E-state index in [0.29, 0.717) is 22.5 Å². The molecular formula is C20H17N3O3. The Bertz CT molecular complexity index is 918. The molecule has 0 aromatic heterocycles. The van der Waals surface area contributed by atoms with Crippen LogP contribution in [0.15, 0.2) is 61.2 Å². The Morgan fingerprint density at radius 3 is 2.69 bits per heavy atom. The van der Waals surface area contributed by atoms with E-state index >= 15 is 0 Å². The molecule has 0 fully saturated rings. The summed E-state index contributed by atoms with van der Waals surface area (Å²) in [5, 5.41) is 22.6. The third-order valence-corrected chi connectivity index (χ3v) is 4.27. The van der Waals surface area contributed by atoms with Crippen molar-refractivity contribution in [3.63, 3.8) is 0 Å². The van der Waals surface area contributed by atoms with Crippen LogP contribution >= 0.6 is 0 Å². The lowest BCUT2D eigenvalue weighted by molar-refractivity contribution is -0.135. The molecule has 2 N–H and O–H groups in total. The Balaban J connectivity index is 1.97. The van der Waals surface area contributed by atoms with Crippen molar-refractivity contribution in [3.8, 4) is 6.07 Å². The van der Waals surface area contributed by atoms with Gasteiger partial charge in [0.05, 0.1) is 18.2 Å². The van der Waals surface area contributed by atoms with Crippen molar-refractivity contribution in [2.75, 3.05) is 16.8 Å². The van der Waals surface area contributed by atoms with Gasteiger partial charge < -0.3 is 15.3 Å². The van der Waals surface area contributed by atoms with E-state index in [1.165, 1.54) is 11.0 Å². The molecule has 26 heavy (non-hydrogen) atoms. The second-order valence-corrected chi connectivity index (χ2v) is 5.95. The highest BCUT2D eigenvalue weighted by molar-refractivity contribution is 6.09. The Morgan fingerprint density at radius 2 is 2.04 bits per heavy atom. The molecule has 0 spiro atoms. The van der Waals surface area contributed by atoms with Gasteiger partial charge in [-0.3, -0.25) is 9.59 Å². The number of fused-ring (bicyclic) bond motifs is 1. The van der Waals surface area contributed by atoms with E-state index in [2.05, 4.69) is 11.9 Å². The summed E-state index contributed by atoms with van der Waals surface area (Å²) in [6.45, 7) is 3.84. The number of benzene rings is 2. The summed E-state index contributed by atoms with van der Waals surface area (Å²) in [7, 11) is 0. The smallest absolute Gasteiger partial charge is 0.265 e. The van der Waals surface area contributed by atoms with Crippen LogP contribution in [0.25, 0.3) is 0 Å². The summed E-state index contributed by atoms with van der Waals surface area (Å²) in [6.07, 6.45) is 1.17. The van der Waals surface area contributed by atoms with Crippen LogP contribution in [0.3, 0.4) is 0 Å². The SMILES string of the molecule is C=CCN1C(=O)C(O)(CC#N)c2cc(NC(=O)c3ccccc3)ccc21. The highest BCUT2D eigenvalue weighted by Crippen LogP contribution is 2.43. The molecule has 3 rings (SSSR count). The molecule has 1 heterocycles. The van der Waals surface area contributed by atoms with Crippen LogP contribution in [-0.4, -0.2) is 23.5 Å². The highest BCUT2D eigenvalue weighted by atomic mass is 16.3. The molecule has 0 saturated heterocycles. The first-order valence-electron chi connectivity index (χ1n) is 8.04. The van der Waals surface area contributed by atoms with Crippen LogP contribution in [0.1, 0.15) is 22.3 Å². The van der Waals surface area contributed by atoms with Crippen molar-refractivity contribution in [2.24, 2.45) is 0 Å². The average Bonchev–Trinajstić information content (AvgIpc) is 2.85. The maximum Gasteiger partial charge on any atom is 0.265 e. The number of aliphatic hydroxyl groups is 1. The molecule has 6 heteroatoms. The van der Waals surface area contributed by atoms with Crippen LogP contribution < -0.4 is 10.2 Å². The highest BCUT2D eigenvalue weighted by Gasteiger charge is 2.49. The molecule has 2 amide bonds. The number of carbonyl (C=O) groups excluding carboxylic acids is 2. The topological polar surface area (TPSA) is 93.4 Å². The van der Waals surface area contributed by atoms with Gasteiger partial charge in [0, 0.05) is 23.4 Å². The van der Waals surface area contributed by atoms with Gasteiger partial charge in [0.15, 0.2) is 5.60 Å². The minimum Gasteiger partial charge on any atom is -0.374 e. The lowest BCUT2D eigenvalue weighted by atomic mass is 9.92. The number of hydrogen-bond donors (Lipinski definition) is 2. The minimum absolute atomic E-state index is 0.218. The predicted octanol–water partition coefficient (Wildman–Crippen LogP) is 2.57. The first kappa shape index (κ1) is 17.4. The number of hydrogen-bond acceptors (Lipinski definition) is 4. The molecule has 0 bridgehead atoms. The van der Waals surface area contributed by atoms with Gasteiger partial charge in [-0.15, -0.1) is 6.58 Å². The number of rotatable bonds is 5. The van der Waals surface area contributed by atoms with Gasteiger partial charge in [0.1, 0.15) is 0 Å². The predicted molar refractivity (Wildman–Crippen MR) is 97.5 cm³/mol. The van der Waals surface area contributed by atoms with Gasteiger partial charge in [0.25, 0.3) is 11.8 Å². The molecule has 1 aliphatic rings. The van der Waals surface area contributed by atoms with E-state index in [1.807, 2.05) is 12.1 Å². The summed E-state index contributed by atoms with van der Waals surface area (Å²) in [4.78, 5) is 26.3. The molecule has 1 aliphatic heterocycles. The molecule has 0 saturated carbocycles. The van der Waals surface area contributed by atoms with Gasteiger partial charge in [0.2, 0.25) is 0 Å². The number of nitrogens with zero attached hydrogens (tertiary/aromatic N) is 2. The number of nitriles is 1.